The summed E-state index contributed by atoms with van der Waals surface area (Å²) in [5, 5.41) is 4.46. The lowest BCUT2D eigenvalue weighted by atomic mass is 10.2. The molecular formula is C9H19NS. The Kier molecular flexibility index (Phi) is 4.31. The van der Waals surface area contributed by atoms with Crippen molar-refractivity contribution >= 4 is 11.8 Å². The average Bonchev–Trinajstić information content (AvgIpc) is 2.17. The van der Waals surface area contributed by atoms with Crippen molar-refractivity contribution in [1.29, 1.82) is 0 Å². The van der Waals surface area contributed by atoms with Gasteiger partial charge in [0.25, 0.3) is 0 Å². The third-order valence-corrected chi connectivity index (χ3v) is 3.60. The predicted molar refractivity (Wildman–Crippen MR) is 53.2 cm³/mol. The SMILES string of the molecule is CCCC1CSC(C)CCN1. The molecule has 0 aliphatic carbocycles. The Morgan fingerprint density at radius 1 is 1.55 bits per heavy atom. The molecule has 0 aromatic rings. The number of hydrogen-bond donors (Lipinski definition) is 1. The second kappa shape index (κ2) is 5.04. The molecule has 0 aromatic heterocycles. The Labute approximate surface area is 74.3 Å². The van der Waals surface area contributed by atoms with Crippen molar-refractivity contribution in [2.45, 2.75) is 44.4 Å². The van der Waals surface area contributed by atoms with Crippen molar-refractivity contribution in [1.82, 2.24) is 5.32 Å². The fourth-order valence-corrected chi connectivity index (χ4v) is 2.58. The molecular weight excluding hydrogens is 154 g/mol. The minimum atomic E-state index is 0.787. The van der Waals surface area contributed by atoms with Crippen molar-refractivity contribution in [2.24, 2.45) is 0 Å². The van der Waals surface area contributed by atoms with Gasteiger partial charge in [-0.2, -0.15) is 11.8 Å². The highest BCUT2D eigenvalue weighted by atomic mass is 32.2. The normalized spacial score (nSPS) is 33.3. The summed E-state index contributed by atoms with van der Waals surface area (Å²) in [7, 11) is 0. The van der Waals surface area contributed by atoms with Crippen molar-refractivity contribution in [3.05, 3.63) is 0 Å². The molecule has 2 unspecified atom stereocenters. The molecule has 0 bridgehead atoms. The van der Waals surface area contributed by atoms with Crippen LogP contribution in [0.3, 0.4) is 0 Å². The molecule has 1 aliphatic rings. The van der Waals surface area contributed by atoms with Gasteiger partial charge in [-0.15, -0.1) is 0 Å². The molecule has 1 saturated heterocycles. The van der Waals surface area contributed by atoms with Crippen LogP contribution >= 0.6 is 11.8 Å². The fraction of sp³-hybridized carbons (Fsp3) is 1.00. The lowest BCUT2D eigenvalue weighted by Gasteiger charge is -2.13. The quantitative estimate of drug-likeness (QED) is 0.687. The second-order valence-corrected chi connectivity index (χ2v) is 4.84. The molecule has 0 spiro atoms. The topological polar surface area (TPSA) is 12.0 Å². The molecule has 0 aromatic carbocycles. The maximum absolute atomic E-state index is 3.59. The van der Waals surface area contributed by atoms with E-state index in [2.05, 4.69) is 30.9 Å². The van der Waals surface area contributed by atoms with Gasteiger partial charge in [0.1, 0.15) is 0 Å². The smallest absolute Gasteiger partial charge is 0.0158 e. The van der Waals surface area contributed by atoms with Gasteiger partial charge in [-0.05, 0) is 19.4 Å². The highest BCUT2D eigenvalue weighted by Crippen LogP contribution is 2.19. The summed E-state index contributed by atoms with van der Waals surface area (Å²) in [5.74, 6) is 1.31. The molecule has 11 heavy (non-hydrogen) atoms. The molecule has 1 fully saturated rings. The lowest BCUT2D eigenvalue weighted by Crippen LogP contribution is -2.30. The summed E-state index contributed by atoms with van der Waals surface area (Å²) in [6.07, 6.45) is 4.00. The largest absolute Gasteiger partial charge is 0.313 e. The van der Waals surface area contributed by atoms with Gasteiger partial charge >= 0.3 is 0 Å². The van der Waals surface area contributed by atoms with Gasteiger partial charge in [-0.25, -0.2) is 0 Å². The molecule has 1 heterocycles. The first-order valence-corrected chi connectivity index (χ1v) is 5.72. The third kappa shape index (κ3) is 3.48. The zero-order chi connectivity index (χ0) is 8.10. The minimum absolute atomic E-state index is 0.787. The summed E-state index contributed by atoms with van der Waals surface area (Å²) in [6.45, 7) is 5.82. The maximum Gasteiger partial charge on any atom is 0.0158 e. The highest BCUT2D eigenvalue weighted by molar-refractivity contribution is 7.99. The Hall–Kier alpha value is 0.310. The summed E-state index contributed by atoms with van der Waals surface area (Å²) in [4.78, 5) is 0. The Morgan fingerprint density at radius 3 is 3.09 bits per heavy atom. The third-order valence-electron chi connectivity index (χ3n) is 2.20. The first kappa shape index (κ1) is 9.40. The standard InChI is InChI=1S/C9H19NS/c1-3-4-9-7-11-8(2)5-6-10-9/h8-10H,3-7H2,1-2H3. The van der Waals surface area contributed by atoms with E-state index in [9.17, 15) is 0 Å². The van der Waals surface area contributed by atoms with Crippen molar-refractivity contribution < 1.29 is 0 Å². The van der Waals surface area contributed by atoms with Crippen LogP contribution in [0.4, 0.5) is 0 Å². The number of rotatable bonds is 2. The van der Waals surface area contributed by atoms with Crippen LogP contribution in [0.2, 0.25) is 0 Å². The van der Waals surface area contributed by atoms with E-state index in [0.29, 0.717) is 0 Å². The molecule has 2 atom stereocenters. The average molecular weight is 173 g/mol. The summed E-state index contributed by atoms with van der Waals surface area (Å²) >= 11 is 2.12. The molecule has 1 nitrogen and oxygen atoms in total. The van der Waals surface area contributed by atoms with E-state index in [1.165, 1.54) is 31.6 Å². The molecule has 66 valence electrons. The molecule has 2 heteroatoms. The van der Waals surface area contributed by atoms with Crippen molar-refractivity contribution in [2.75, 3.05) is 12.3 Å². The summed E-state index contributed by atoms with van der Waals surface area (Å²) in [5.41, 5.74) is 0. The van der Waals surface area contributed by atoms with Gasteiger partial charge in [-0.1, -0.05) is 20.3 Å². The first-order valence-electron chi connectivity index (χ1n) is 4.68. The van der Waals surface area contributed by atoms with Crippen LogP contribution < -0.4 is 5.32 Å². The van der Waals surface area contributed by atoms with E-state index in [1.54, 1.807) is 0 Å². The Morgan fingerprint density at radius 2 is 2.36 bits per heavy atom. The van der Waals surface area contributed by atoms with Gasteiger partial charge < -0.3 is 5.32 Å². The van der Waals surface area contributed by atoms with Crippen LogP contribution in [0.25, 0.3) is 0 Å². The van der Waals surface area contributed by atoms with Crippen LogP contribution in [-0.2, 0) is 0 Å². The van der Waals surface area contributed by atoms with E-state index in [0.717, 1.165) is 11.3 Å². The van der Waals surface area contributed by atoms with Gasteiger partial charge in [0.15, 0.2) is 0 Å². The molecule has 1 aliphatic heterocycles. The van der Waals surface area contributed by atoms with E-state index in [-0.39, 0.29) is 0 Å². The fourth-order valence-electron chi connectivity index (χ4n) is 1.45. The van der Waals surface area contributed by atoms with Crippen LogP contribution in [-0.4, -0.2) is 23.6 Å². The Bertz CT molecular complexity index is 106. The minimum Gasteiger partial charge on any atom is -0.313 e. The van der Waals surface area contributed by atoms with Crippen molar-refractivity contribution in [3.8, 4) is 0 Å². The van der Waals surface area contributed by atoms with E-state index in [1.807, 2.05) is 0 Å². The molecule has 1 N–H and O–H groups in total. The zero-order valence-electron chi connectivity index (χ0n) is 7.60. The summed E-state index contributed by atoms with van der Waals surface area (Å²) in [6, 6.07) is 0.787. The molecule has 1 rings (SSSR count). The van der Waals surface area contributed by atoms with Gasteiger partial charge in [-0.3, -0.25) is 0 Å². The van der Waals surface area contributed by atoms with E-state index >= 15 is 0 Å². The van der Waals surface area contributed by atoms with Crippen LogP contribution in [0.5, 0.6) is 0 Å². The number of thioether (sulfide) groups is 1. The van der Waals surface area contributed by atoms with Crippen LogP contribution in [0.1, 0.15) is 33.1 Å². The molecule has 0 saturated carbocycles. The monoisotopic (exact) mass is 173 g/mol. The van der Waals surface area contributed by atoms with Gasteiger partial charge in [0, 0.05) is 17.0 Å². The lowest BCUT2D eigenvalue weighted by molar-refractivity contribution is 0.518. The van der Waals surface area contributed by atoms with Crippen LogP contribution in [0.15, 0.2) is 0 Å². The number of nitrogens with one attached hydrogen (secondary N) is 1. The summed E-state index contributed by atoms with van der Waals surface area (Å²) < 4.78 is 0. The van der Waals surface area contributed by atoms with Crippen molar-refractivity contribution in [3.63, 3.8) is 0 Å². The Balaban J connectivity index is 2.22. The van der Waals surface area contributed by atoms with Crippen LogP contribution in [0, 0.1) is 0 Å². The highest BCUT2D eigenvalue weighted by Gasteiger charge is 2.14. The van der Waals surface area contributed by atoms with E-state index in [4.69, 9.17) is 0 Å². The molecule has 0 amide bonds. The first-order chi connectivity index (χ1) is 5.33. The van der Waals surface area contributed by atoms with E-state index < -0.39 is 0 Å². The second-order valence-electron chi connectivity index (χ2n) is 3.37. The van der Waals surface area contributed by atoms with Gasteiger partial charge in [0.05, 0.1) is 0 Å². The molecule has 0 radical (unpaired) electrons. The zero-order valence-corrected chi connectivity index (χ0v) is 8.41. The van der Waals surface area contributed by atoms with Gasteiger partial charge in [0.2, 0.25) is 0 Å². The number of hydrogen-bond acceptors (Lipinski definition) is 2. The maximum atomic E-state index is 3.59. The predicted octanol–water partition coefficient (Wildman–Crippen LogP) is 2.27.